The molecule has 100 valence electrons. The van der Waals surface area contributed by atoms with Crippen molar-refractivity contribution in [3.8, 4) is 0 Å². The minimum Gasteiger partial charge on any atom is -0.469 e. The minimum absolute atomic E-state index is 0.0185. The molecule has 0 heterocycles. The number of rotatable bonds is 4. The zero-order chi connectivity index (χ0) is 13.8. The van der Waals surface area contributed by atoms with Gasteiger partial charge < -0.3 is 9.47 Å². The Morgan fingerprint density at radius 2 is 1.94 bits per heavy atom. The van der Waals surface area contributed by atoms with Gasteiger partial charge in [-0.3, -0.25) is 14.4 Å². The highest BCUT2D eigenvalue weighted by Crippen LogP contribution is 2.40. The van der Waals surface area contributed by atoms with Crippen LogP contribution in [0.25, 0.3) is 0 Å². The van der Waals surface area contributed by atoms with Crippen LogP contribution in [-0.4, -0.2) is 31.9 Å². The SMILES string of the molecule is C=C1CCC(=O)[C@@](CCC(=O)OC)(C(=O)OC)C1. The molecule has 0 N–H and O–H groups in total. The molecule has 0 saturated heterocycles. The average Bonchev–Trinajstić information content (AvgIpc) is 2.38. The lowest BCUT2D eigenvalue weighted by Gasteiger charge is -2.33. The molecule has 1 saturated carbocycles. The summed E-state index contributed by atoms with van der Waals surface area (Å²) < 4.78 is 9.26. The Labute approximate surface area is 106 Å². The van der Waals surface area contributed by atoms with E-state index in [-0.39, 0.29) is 31.5 Å². The third kappa shape index (κ3) is 2.78. The normalized spacial score (nSPS) is 23.7. The molecule has 1 fully saturated rings. The van der Waals surface area contributed by atoms with E-state index < -0.39 is 17.4 Å². The van der Waals surface area contributed by atoms with Crippen LogP contribution in [0.5, 0.6) is 0 Å². The van der Waals surface area contributed by atoms with Gasteiger partial charge >= 0.3 is 11.9 Å². The fourth-order valence-corrected chi connectivity index (χ4v) is 2.27. The molecule has 1 aliphatic carbocycles. The second-order valence-electron chi connectivity index (χ2n) is 4.50. The second-order valence-corrected chi connectivity index (χ2v) is 4.50. The maximum absolute atomic E-state index is 12.1. The van der Waals surface area contributed by atoms with Gasteiger partial charge in [-0.25, -0.2) is 0 Å². The summed E-state index contributed by atoms with van der Waals surface area (Å²) >= 11 is 0. The van der Waals surface area contributed by atoms with Gasteiger partial charge in [0.25, 0.3) is 0 Å². The molecule has 1 rings (SSSR count). The summed E-state index contributed by atoms with van der Waals surface area (Å²) in [6.45, 7) is 3.83. The van der Waals surface area contributed by atoms with Crippen LogP contribution in [0.1, 0.15) is 32.1 Å². The van der Waals surface area contributed by atoms with Crippen LogP contribution in [0.15, 0.2) is 12.2 Å². The lowest BCUT2D eigenvalue weighted by molar-refractivity contribution is -0.160. The second kappa shape index (κ2) is 5.80. The first kappa shape index (κ1) is 14.4. The predicted octanol–water partition coefficient (Wildman–Crippen LogP) is 1.41. The van der Waals surface area contributed by atoms with E-state index in [0.29, 0.717) is 6.42 Å². The van der Waals surface area contributed by atoms with Crippen molar-refractivity contribution in [1.29, 1.82) is 0 Å². The van der Waals surface area contributed by atoms with Gasteiger partial charge in [0.05, 0.1) is 14.2 Å². The summed E-state index contributed by atoms with van der Waals surface area (Å²) in [6.07, 6.45) is 1.26. The molecular formula is C13H18O5. The number of allylic oxidation sites excluding steroid dienone is 1. The van der Waals surface area contributed by atoms with Crippen molar-refractivity contribution in [2.75, 3.05) is 14.2 Å². The molecule has 0 aliphatic heterocycles. The van der Waals surface area contributed by atoms with E-state index in [0.717, 1.165) is 5.57 Å². The number of carbonyl (C=O) groups is 3. The van der Waals surface area contributed by atoms with Crippen LogP contribution < -0.4 is 0 Å². The molecule has 0 amide bonds. The maximum atomic E-state index is 12.1. The van der Waals surface area contributed by atoms with Gasteiger partial charge in [-0.2, -0.15) is 0 Å². The van der Waals surface area contributed by atoms with Crippen molar-refractivity contribution in [2.45, 2.75) is 32.1 Å². The molecule has 18 heavy (non-hydrogen) atoms. The van der Waals surface area contributed by atoms with Gasteiger partial charge in [0, 0.05) is 12.8 Å². The Morgan fingerprint density at radius 1 is 1.28 bits per heavy atom. The van der Waals surface area contributed by atoms with Crippen LogP contribution in [0.4, 0.5) is 0 Å². The smallest absolute Gasteiger partial charge is 0.319 e. The molecule has 0 spiro atoms. The number of ketones is 1. The first-order chi connectivity index (χ1) is 8.46. The summed E-state index contributed by atoms with van der Waals surface area (Å²) in [6, 6.07) is 0. The van der Waals surface area contributed by atoms with E-state index in [1.165, 1.54) is 14.2 Å². The molecule has 5 heteroatoms. The van der Waals surface area contributed by atoms with E-state index in [1.54, 1.807) is 0 Å². The Kier molecular flexibility index (Phi) is 4.64. The van der Waals surface area contributed by atoms with Crippen LogP contribution in [-0.2, 0) is 23.9 Å². The van der Waals surface area contributed by atoms with Crippen LogP contribution >= 0.6 is 0 Å². The van der Waals surface area contributed by atoms with Gasteiger partial charge in [-0.1, -0.05) is 12.2 Å². The van der Waals surface area contributed by atoms with Gasteiger partial charge in [-0.15, -0.1) is 0 Å². The largest absolute Gasteiger partial charge is 0.469 e. The Morgan fingerprint density at radius 3 is 2.50 bits per heavy atom. The standard InChI is InChI=1S/C13H18O5/c1-9-4-5-10(14)13(8-9,12(16)18-3)7-6-11(15)17-2/h1,4-8H2,2-3H3/t13-/m0/s1. The Balaban J connectivity index is 2.93. The average molecular weight is 254 g/mol. The zero-order valence-electron chi connectivity index (χ0n) is 10.8. The van der Waals surface area contributed by atoms with Crippen molar-refractivity contribution in [1.82, 2.24) is 0 Å². The highest BCUT2D eigenvalue weighted by molar-refractivity contribution is 6.05. The number of carbonyl (C=O) groups excluding carboxylic acids is 3. The molecule has 1 atom stereocenters. The predicted molar refractivity (Wildman–Crippen MR) is 63.7 cm³/mol. The van der Waals surface area contributed by atoms with Crippen molar-refractivity contribution >= 4 is 17.7 Å². The molecule has 1 aliphatic rings. The maximum Gasteiger partial charge on any atom is 0.319 e. The lowest BCUT2D eigenvalue weighted by atomic mass is 9.68. The number of esters is 2. The third-order valence-electron chi connectivity index (χ3n) is 3.35. The van der Waals surface area contributed by atoms with E-state index in [1.807, 2.05) is 0 Å². The van der Waals surface area contributed by atoms with Crippen molar-refractivity contribution in [3.05, 3.63) is 12.2 Å². The van der Waals surface area contributed by atoms with Crippen molar-refractivity contribution in [3.63, 3.8) is 0 Å². The summed E-state index contributed by atoms with van der Waals surface area (Å²) in [4.78, 5) is 35.2. The van der Waals surface area contributed by atoms with E-state index in [2.05, 4.69) is 11.3 Å². The summed E-state index contributed by atoms with van der Waals surface area (Å²) in [5.74, 6) is -1.20. The van der Waals surface area contributed by atoms with Crippen molar-refractivity contribution < 1.29 is 23.9 Å². The van der Waals surface area contributed by atoms with Crippen molar-refractivity contribution in [2.24, 2.45) is 5.41 Å². The van der Waals surface area contributed by atoms with Gasteiger partial charge in [-0.05, 0) is 19.3 Å². The van der Waals surface area contributed by atoms with Gasteiger partial charge in [0.2, 0.25) is 0 Å². The zero-order valence-corrected chi connectivity index (χ0v) is 10.8. The molecule has 0 radical (unpaired) electrons. The molecule has 0 aromatic carbocycles. The fourth-order valence-electron chi connectivity index (χ4n) is 2.27. The number of ether oxygens (including phenoxy) is 2. The fraction of sp³-hybridized carbons (Fsp3) is 0.615. The minimum atomic E-state index is -1.25. The van der Waals surface area contributed by atoms with E-state index >= 15 is 0 Å². The van der Waals surface area contributed by atoms with Crippen LogP contribution in [0.2, 0.25) is 0 Å². The number of hydrogen-bond donors (Lipinski definition) is 0. The molecule has 0 aromatic rings. The summed E-state index contributed by atoms with van der Waals surface area (Å²) in [5.41, 5.74) is -0.414. The molecule has 0 unspecified atom stereocenters. The van der Waals surface area contributed by atoms with Gasteiger partial charge in [0.1, 0.15) is 5.41 Å². The highest BCUT2D eigenvalue weighted by Gasteiger charge is 2.48. The van der Waals surface area contributed by atoms with Crippen LogP contribution in [0.3, 0.4) is 0 Å². The molecule has 0 aromatic heterocycles. The highest BCUT2D eigenvalue weighted by atomic mass is 16.5. The Hall–Kier alpha value is -1.65. The Bertz CT molecular complexity index is 375. The number of Topliss-reactive ketones (excluding diaryl/α,β-unsaturated/α-hetero) is 1. The first-order valence-corrected chi connectivity index (χ1v) is 5.81. The third-order valence-corrected chi connectivity index (χ3v) is 3.35. The first-order valence-electron chi connectivity index (χ1n) is 5.81. The lowest BCUT2D eigenvalue weighted by Crippen LogP contribution is -2.43. The van der Waals surface area contributed by atoms with Crippen LogP contribution in [0, 0.1) is 5.41 Å². The molecular weight excluding hydrogens is 236 g/mol. The van der Waals surface area contributed by atoms with Gasteiger partial charge in [0.15, 0.2) is 5.78 Å². The summed E-state index contributed by atoms with van der Waals surface area (Å²) in [7, 11) is 2.52. The van der Waals surface area contributed by atoms with E-state index in [4.69, 9.17) is 4.74 Å². The van der Waals surface area contributed by atoms with E-state index in [9.17, 15) is 14.4 Å². The molecule has 5 nitrogen and oxygen atoms in total. The monoisotopic (exact) mass is 254 g/mol. The topological polar surface area (TPSA) is 69.7 Å². The molecule has 0 bridgehead atoms. The number of methoxy groups -OCH3 is 2. The summed E-state index contributed by atoms with van der Waals surface area (Å²) in [5, 5.41) is 0. The number of hydrogen-bond acceptors (Lipinski definition) is 5. The quantitative estimate of drug-likeness (QED) is 0.431.